The van der Waals surface area contributed by atoms with E-state index in [1.807, 2.05) is 0 Å². The molecule has 0 saturated carbocycles. The van der Waals surface area contributed by atoms with Gasteiger partial charge in [0.15, 0.2) is 0 Å². The fourth-order valence-electron chi connectivity index (χ4n) is 1.61. The van der Waals surface area contributed by atoms with Gasteiger partial charge in [0.1, 0.15) is 11.9 Å². The summed E-state index contributed by atoms with van der Waals surface area (Å²) in [7, 11) is 0. The molecule has 0 aliphatic carbocycles. The van der Waals surface area contributed by atoms with E-state index >= 15 is 0 Å². The van der Waals surface area contributed by atoms with Gasteiger partial charge < -0.3 is 10.5 Å². The van der Waals surface area contributed by atoms with Crippen molar-refractivity contribution in [2.45, 2.75) is 18.6 Å². The number of hydrogen-bond acceptors (Lipinski definition) is 3. The molecule has 2 heterocycles. The molecule has 0 amide bonds. The number of nitrogens with two attached hydrogens (primary N) is 1. The zero-order valence-electron chi connectivity index (χ0n) is 7.70. The van der Waals surface area contributed by atoms with Crippen molar-refractivity contribution in [2.75, 3.05) is 6.61 Å². The maximum atomic E-state index is 13.3. The van der Waals surface area contributed by atoms with E-state index in [0.29, 0.717) is 17.9 Å². The molecule has 76 valence electrons. The van der Waals surface area contributed by atoms with E-state index in [4.69, 9.17) is 10.5 Å². The van der Waals surface area contributed by atoms with Crippen LogP contribution in [0.2, 0.25) is 0 Å². The zero-order chi connectivity index (χ0) is 10.1. The van der Waals surface area contributed by atoms with Crippen molar-refractivity contribution < 1.29 is 9.13 Å². The Hall–Kier alpha value is -0.710. The summed E-state index contributed by atoms with van der Waals surface area (Å²) in [6.45, 7) is 4.29. The first kappa shape index (κ1) is 9.83. The molecule has 2 rings (SSSR count). The van der Waals surface area contributed by atoms with Gasteiger partial charge in [0.25, 0.3) is 0 Å². The van der Waals surface area contributed by atoms with E-state index in [1.165, 1.54) is 17.4 Å². The summed E-state index contributed by atoms with van der Waals surface area (Å²) < 4.78 is 18.7. The number of rotatable bonds is 1. The minimum absolute atomic E-state index is 0.176. The number of halogens is 1. The molecule has 2 atom stereocenters. The number of hydrogen-bond donors (Lipinski definition) is 1. The van der Waals surface area contributed by atoms with Crippen LogP contribution in [-0.2, 0) is 4.74 Å². The van der Waals surface area contributed by atoms with Crippen molar-refractivity contribution in [1.82, 2.24) is 0 Å². The van der Waals surface area contributed by atoms with Crippen molar-refractivity contribution in [3.63, 3.8) is 0 Å². The van der Waals surface area contributed by atoms with Crippen LogP contribution in [0.4, 0.5) is 4.39 Å². The average Bonchev–Trinajstić information content (AvgIpc) is 2.52. The third-order valence-electron chi connectivity index (χ3n) is 2.28. The van der Waals surface area contributed by atoms with Gasteiger partial charge in [-0.3, -0.25) is 0 Å². The molecular formula is C10H12FNOS. The standard InChI is InChI=1S/C10H12FNOS/c1-6-4-8(12)9(13-5-6)10-7(11)2-3-14-10/h2-3,8-9H,1,4-5,12H2/t8-,9?/m0/s1. The molecule has 0 radical (unpaired) electrons. The lowest BCUT2D eigenvalue weighted by molar-refractivity contribution is 0.0273. The maximum Gasteiger partial charge on any atom is 0.139 e. The molecule has 2 N–H and O–H groups in total. The Balaban J connectivity index is 2.19. The normalized spacial score (nSPS) is 28.0. The smallest absolute Gasteiger partial charge is 0.139 e. The molecule has 1 saturated heterocycles. The lowest BCUT2D eigenvalue weighted by Gasteiger charge is -2.29. The number of ether oxygens (including phenoxy) is 1. The molecule has 1 unspecified atom stereocenters. The highest BCUT2D eigenvalue weighted by molar-refractivity contribution is 7.10. The van der Waals surface area contributed by atoms with Gasteiger partial charge in [-0.15, -0.1) is 11.3 Å². The monoisotopic (exact) mass is 213 g/mol. The molecule has 0 bridgehead atoms. The molecule has 4 heteroatoms. The van der Waals surface area contributed by atoms with Crippen LogP contribution >= 0.6 is 11.3 Å². The van der Waals surface area contributed by atoms with Crippen LogP contribution in [0.5, 0.6) is 0 Å². The topological polar surface area (TPSA) is 35.2 Å². The molecule has 2 nitrogen and oxygen atoms in total. The fourth-order valence-corrected chi connectivity index (χ4v) is 2.50. The summed E-state index contributed by atoms with van der Waals surface area (Å²) in [5.74, 6) is -0.219. The summed E-state index contributed by atoms with van der Waals surface area (Å²) in [6.07, 6.45) is 0.405. The Morgan fingerprint density at radius 3 is 3.00 bits per heavy atom. The Labute approximate surface area is 86.2 Å². The molecule has 1 aliphatic heterocycles. The van der Waals surface area contributed by atoms with Crippen molar-refractivity contribution in [1.29, 1.82) is 0 Å². The zero-order valence-corrected chi connectivity index (χ0v) is 8.52. The summed E-state index contributed by atoms with van der Waals surface area (Å²) in [5, 5.41) is 1.71. The first-order chi connectivity index (χ1) is 6.68. The van der Waals surface area contributed by atoms with E-state index in [2.05, 4.69) is 6.58 Å². The molecule has 0 spiro atoms. The third-order valence-corrected chi connectivity index (χ3v) is 3.24. The summed E-state index contributed by atoms with van der Waals surface area (Å²) >= 11 is 1.35. The number of thiophene rings is 1. The van der Waals surface area contributed by atoms with E-state index in [1.54, 1.807) is 5.38 Å². The average molecular weight is 213 g/mol. The minimum atomic E-state index is -0.305. The summed E-state index contributed by atoms with van der Waals surface area (Å²) in [6, 6.07) is 1.27. The minimum Gasteiger partial charge on any atom is -0.367 e. The van der Waals surface area contributed by atoms with Crippen molar-refractivity contribution in [3.8, 4) is 0 Å². The second-order valence-corrected chi connectivity index (χ2v) is 4.43. The van der Waals surface area contributed by atoms with Gasteiger partial charge in [0.05, 0.1) is 11.5 Å². The molecule has 1 aromatic heterocycles. The predicted molar refractivity (Wildman–Crippen MR) is 54.7 cm³/mol. The van der Waals surface area contributed by atoms with Crippen LogP contribution in [0.25, 0.3) is 0 Å². The SMILES string of the molecule is C=C1COC(c2sccc2F)[C@@H](N)C1. The maximum absolute atomic E-state index is 13.3. The first-order valence-electron chi connectivity index (χ1n) is 4.45. The van der Waals surface area contributed by atoms with Crippen LogP contribution < -0.4 is 5.73 Å². The van der Waals surface area contributed by atoms with Crippen LogP contribution in [0.1, 0.15) is 17.4 Å². The quantitative estimate of drug-likeness (QED) is 0.726. The van der Waals surface area contributed by atoms with Crippen LogP contribution in [-0.4, -0.2) is 12.6 Å². The van der Waals surface area contributed by atoms with Gasteiger partial charge in [-0.25, -0.2) is 4.39 Å². The van der Waals surface area contributed by atoms with Gasteiger partial charge >= 0.3 is 0 Å². The van der Waals surface area contributed by atoms with Gasteiger partial charge in [0, 0.05) is 6.04 Å². The molecule has 0 aromatic carbocycles. The first-order valence-corrected chi connectivity index (χ1v) is 5.33. The Kier molecular flexibility index (Phi) is 2.67. The highest BCUT2D eigenvalue weighted by atomic mass is 32.1. The predicted octanol–water partition coefficient (Wildman–Crippen LogP) is 2.23. The van der Waals surface area contributed by atoms with Gasteiger partial charge in [-0.1, -0.05) is 12.2 Å². The largest absolute Gasteiger partial charge is 0.367 e. The van der Waals surface area contributed by atoms with Crippen molar-refractivity contribution >= 4 is 11.3 Å². The second kappa shape index (κ2) is 3.81. The molecule has 1 aromatic rings. The highest BCUT2D eigenvalue weighted by Crippen LogP contribution is 2.33. The molecule has 14 heavy (non-hydrogen) atoms. The van der Waals surface area contributed by atoms with E-state index in [-0.39, 0.29) is 18.0 Å². The fraction of sp³-hybridized carbons (Fsp3) is 0.400. The van der Waals surface area contributed by atoms with Crippen LogP contribution in [0.15, 0.2) is 23.6 Å². The summed E-state index contributed by atoms with van der Waals surface area (Å²) in [4.78, 5) is 0.602. The Morgan fingerprint density at radius 2 is 2.43 bits per heavy atom. The summed E-state index contributed by atoms with van der Waals surface area (Å²) in [5.41, 5.74) is 6.86. The molecule has 1 aliphatic rings. The lowest BCUT2D eigenvalue weighted by atomic mass is 9.99. The van der Waals surface area contributed by atoms with Gasteiger partial charge in [-0.05, 0) is 17.9 Å². The Bertz CT molecular complexity index is 350. The van der Waals surface area contributed by atoms with Crippen molar-refractivity contribution in [3.05, 3.63) is 34.3 Å². The van der Waals surface area contributed by atoms with Gasteiger partial charge in [-0.2, -0.15) is 0 Å². The van der Waals surface area contributed by atoms with Crippen LogP contribution in [0, 0.1) is 5.82 Å². The molecular weight excluding hydrogens is 201 g/mol. The van der Waals surface area contributed by atoms with E-state index in [0.717, 1.165) is 5.57 Å². The molecule has 1 fully saturated rings. The Morgan fingerprint density at radius 1 is 1.64 bits per heavy atom. The second-order valence-electron chi connectivity index (χ2n) is 3.48. The van der Waals surface area contributed by atoms with Gasteiger partial charge in [0.2, 0.25) is 0 Å². The van der Waals surface area contributed by atoms with E-state index in [9.17, 15) is 4.39 Å². The lowest BCUT2D eigenvalue weighted by Crippen LogP contribution is -2.35. The van der Waals surface area contributed by atoms with E-state index < -0.39 is 0 Å². The van der Waals surface area contributed by atoms with Crippen molar-refractivity contribution in [2.24, 2.45) is 5.73 Å². The third kappa shape index (κ3) is 1.73. The highest BCUT2D eigenvalue weighted by Gasteiger charge is 2.28. The van der Waals surface area contributed by atoms with Crippen LogP contribution in [0.3, 0.4) is 0 Å².